The topological polar surface area (TPSA) is 84.2 Å². The van der Waals surface area contributed by atoms with E-state index in [4.69, 9.17) is 5.73 Å². The predicted molar refractivity (Wildman–Crippen MR) is 61.7 cm³/mol. The van der Waals surface area contributed by atoms with Crippen molar-refractivity contribution in [1.29, 1.82) is 0 Å². The van der Waals surface area contributed by atoms with Crippen LogP contribution in [-0.2, 0) is 9.59 Å². The van der Waals surface area contributed by atoms with E-state index < -0.39 is 6.04 Å². The summed E-state index contributed by atoms with van der Waals surface area (Å²) >= 11 is 0. The molecular weight excluding hydrogens is 206 g/mol. The van der Waals surface area contributed by atoms with Crippen LogP contribution in [0.2, 0.25) is 0 Å². The molecule has 5 heteroatoms. The lowest BCUT2D eigenvalue weighted by molar-refractivity contribution is -0.124. The number of rotatable bonds is 4. The van der Waals surface area contributed by atoms with E-state index in [1.54, 1.807) is 19.1 Å². The second kappa shape index (κ2) is 5.87. The molecule has 1 aromatic carbocycles. The van der Waals surface area contributed by atoms with E-state index in [0.29, 0.717) is 5.69 Å². The summed E-state index contributed by atoms with van der Waals surface area (Å²) in [4.78, 5) is 22.5. The van der Waals surface area contributed by atoms with E-state index in [1.807, 2.05) is 18.2 Å². The van der Waals surface area contributed by atoms with Gasteiger partial charge < -0.3 is 16.4 Å². The molecule has 0 aliphatic heterocycles. The van der Waals surface area contributed by atoms with Crippen molar-refractivity contribution in [3.05, 3.63) is 30.3 Å². The van der Waals surface area contributed by atoms with Gasteiger partial charge in [-0.05, 0) is 19.1 Å². The monoisotopic (exact) mass is 221 g/mol. The number of nitrogens with two attached hydrogens (primary N) is 1. The molecule has 0 fully saturated rings. The highest BCUT2D eigenvalue weighted by molar-refractivity contribution is 5.95. The van der Waals surface area contributed by atoms with Crippen molar-refractivity contribution >= 4 is 17.5 Å². The fraction of sp³-hybridized carbons (Fsp3) is 0.273. The molecule has 1 atom stereocenters. The second-order valence-electron chi connectivity index (χ2n) is 3.42. The van der Waals surface area contributed by atoms with E-state index in [2.05, 4.69) is 10.6 Å². The molecule has 0 saturated heterocycles. The third-order valence-electron chi connectivity index (χ3n) is 1.89. The van der Waals surface area contributed by atoms with Crippen LogP contribution in [-0.4, -0.2) is 24.4 Å². The van der Waals surface area contributed by atoms with Crippen LogP contribution in [0.5, 0.6) is 0 Å². The van der Waals surface area contributed by atoms with Gasteiger partial charge in [-0.25, -0.2) is 0 Å². The molecular formula is C11H15N3O2. The summed E-state index contributed by atoms with van der Waals surface area (Å²) in [6.45, 7) is 1.49. The highest BCUT2D eigenvalue weighted by atomic mass is 16.2. The first kappa shape index (κ1) is 12.2. The Bertz CT molecular complexity index is 363. The van der Waals surface area contributed by atoms with Gasteiger partial charge in [0.2, 0.25) is 11.8 Å². The third-order valence-corrected chi connectivity index (χ3v) is 1.89. The fourth-order valence-electron chi connectivity index (χ4n) is 1.06. The Morgan fingerprint density at radius 1 is 1.31 bits per heavy atom. The van der Waals surface area contributed by atoms with Gasteiger partial charge in [-0.1, -0.05) is 18.2 Å². The van der Waals surface area contributed by atoms with E-state index in [9.17, 15) is 9.59 Å². The number of hydrogen-bond donors (Lipinski definition) is 3. The van der Waals surface area contributed by atoms with Gasteiger partial charge in [-0.3, -0.25) is 9.59 Å². The smallest absolute Gasteiger partial charge is 0.243 e. The van der Waals surface area contributed by atoms with Crippen molar-refractivity contribution < 1.29 is 9.59 Å². The maximum Gasteiger partial charge on any atom is 0.243 e. The summed E-state index contributed by atoms with van der Waals surface area (Å²) in [5, 5.41) is 5.07. The summed E-state index contributed by atoms with van der Waals surface area (Å²) < 4.78 is 0. The Morgan fingerprint density at radius 3 is 2.50 bits per heavy atom. The second-order valence-corrected chi connectivity index (χ2v) is 3.42. The highest BCUT2D eigenvalue weighted by Gasteiger charge is 2.08. The molecule has 0 aliphatic carbocycles. The maximum atomic E-state index is 11.4. The molecule has 0 bridgehead atoms. The van der Waals surface area contributed by atoms with Gasteiger partial charge in [0.25, 0.3) is 0 Å². The Balaban J connectivity index is 2.35. The Kier molecular flexibility index (Phi) is 4.47. The van der Waals surface area contributed by atoms with Gasteiger partial charge in [0.15, 0.2) is 0 Å². The van der Waals surface area contributed by atoms with Crippen molar-refractivity contribution in [3.8, 4) is 0 Å². The van der Waals surface area contributed by atoms with Gasteiger partial charge in [-0.2, -0.15) is 0 Å². The molecule has 4 N–H and O–H groups in total. The molecule has 0 spiro atoms. The van der Waals surface area contributed by atoms with E-state index in [-0.39, 0.29) is 18.4 Å². The lowest BCUT2D eigenvalue weighted by Gasteiger charge is -2.08. The van der Waals surface area contributed by atoms with Crippen LogP contribution in [0.15, 0.2) is 30.3 Å². The molecule has 0 saturated carbocycles. The van der Waals surface area contributed by atoms with E-state index in [1.165, 1.54) is 0 Å². The van der Waals surface area contributed by atoms with Crippen LogP contribution in [0.25, 0.3) is 0 Å². The number of benzene rings is 1. The molecule has 2 amide bonds. The average molecular weight is 221 g/mol. The summed E-state index contributed by atoms with van der Waals surface area (Å²) in [5.41, 5.74) is 6.03. The number of carbonyl (C=O) groups excluding carboxylic acids is 2. The molecule has 0 radical (unpaired) electrons. The van der Waals surface area contributed by atoms with Gasteiger partial charge in [0.1, 0.15) is 0 Å². The largest absolute Gasteiger partial charge is 0.346 e. The Hall–Kier alpha value is -1.88. The zero-order valence-corrected chi connectivity index (χ0v) is 9.07. The summed E-state index contributed by atoms with van der Waals surface area (Å²) in [7, 11) is 0. The number of para-hydroxylation sites is 1. The standard InChI is InChI=1S/C11H15N3O2/c1-8(12)11(16)13-7-10(15)14-9-5-3-2-4-6-9/h2-6,8H,7,12H2,1H3,(H,13,16)(H,14,15). The lowest BCUT2D eigenvalue weighted by atomic mass is 10.3. The SMILES string of the molecule is CC(N)C(=O)NCC(=O)Nc1ccccc1. The average Bonchev–Trinajstić information content (AvgIpc) is 2.27. The zero-order valence-electron chi connectivity index (χ0n) is 9.07. The van der Waals surface area contributed by atoms with Crippen molar-refractivity contribution in [1.82, 2.24) is 5.32 Å². The van der Waals surface area contributed by atoms with Crippen LogP contribution in [0.4, 0.5) is 5.69 Å². The molecule has 1 unspecified atom stereocenters. The molecule has 16 heavy (non-hydrogen) atoms. The number of carbonyl (C=O) groups is 2. The maximum absolute atomic E-state index is 11.4. The minimum Gasteiger partial charge on any atom is -0.346 e. The minimum absolute atomic E-state index is 0.0741. The first-order valence-electron chi connectivity index (χ1n) is 4.98. The Labute approximate surface area is 94.0 Å². The molecule has 1 rings (SSSR count). The van der Waals surface area contributed by atoms with Gasteiger partial charge in [-0.15, -0.1) is 0 Å². The number of nitrogens with one attached hydrogen (secondary N) is 2. The summed E-state index contributed by atoms with van der Waals surface area (Å²) in [6, 6.07) is 8.42. The number of hydrogen-bond acceptors (Lipinski definition) is 3. The van der Waals surface area contributed by atoms with Crippen molar-refractivity contribution in [2.45, 2.75) is 13.0 Å². The van der Waals surface area contributed by atoms with Crippen molar-refractivity contribution in [3.63, 3.8) is 0 Å². The first-order chi connectivity index (χ1) is 7.59. The Morgan fingerprint density at radius 2 is 1.94 bits per heavy atom. The van der Waals surface area contributed by atoms with Crippen LogP contribution < -0.4 is 16.4 Å². The van der Waals surface area contributed by atoms with E-state index >= 15 is 0 Å². The molecule has 5 nitrogen and oxygen atoms in total. The van der Waals surface area contributed by atoms with Crippen molar-refractivity contribution in [2.24, 2.45) is 5.73 Å². The van der Waals surface area contributed by atoms with Crippen LogP contribution in [0.3, 0.4) is 0 Å². The van der Waals surface area contributed by atoms with Crippen LogP contribution in [0, 0.1) is 0 Å². The fourth-order valence-corrected chi connectivity index (χ4v) is 1.06. The number of anilines is 1. The molecule has 86 valence electrons. The van der Waals surface area contributed by atoms with Gasteiger partial charge >= 0.3 is 0 Å². The summed E-state index contributed by atoms with van der Waals surface area (Å²) in [5.74, 6) is -0.622. The normalized spacial score (nSPS) is 11.6. The number of amides is 2. The molecule has 0 aromatic heterocycles. The quantitative estimate of drug-likeness (QED) is 0.673. The zero-order chi connectivity index (χ0) is 12.0. The molecule has 1 aromatic rings. The summed E-state index contributed by atoms with van der Waals surface area (Å²) in [6.07, 6.45) is 0. The lowest BCUT2D eigenvalue weighted by Crippen LogP contribution is -2.41. The van der Waals surface area contributed by atoms with Gasteiger partial charge in [0, 0.05) is 5.69 Å². The van der Waals surface area contributed by atoms with Crippen molar-refractivity contribution in [2.75, 3.05) is 11.9 Å². The van der Waals surface area contributed by atoms with Crippen LogP contribution >= 0.6 is 0 Å². The van der Waals surface area contributed by atoms with Crippen LogP contribution in [0.1, 0.15) is 6.92 Å². The van der Waals surface area contributed by atoms with E-state index in [0.717, 1.165) is 0 Å². The molecule has 0 aliphatic rings. The molecule has 0 heterocycles. The van der Waals surface area contributed by atoms with Gasteiger partial charge in [0.05, 0.1) is 12.6 Å². The highest BCUT2D eigenvalue weighted by Crippen LogP contribution is 2.03. The predicted octanol–water partition coefficient (Wildman–Crippen LogP) is 0.0885. The third kappa shape index (κ3) is 4.10. The first-order valence-corrected chi connectivity index (χ1v) is 4.98. The minimum atomic E-state index is -0.607.